The number of carboxylic acids is 1. The Labute approximate surface area is 172 Å². The van der Waals surface area contributed by atoms with Crippen LogP contribution in [0.3, 0.4) is 0 Å². The summed E-state index contributed by atoms with van der Waals surface area (Å²) in [6, 6.07) is 0.406. The van der Waals surface area contributed by atoms with E-state index in [1.54, 1.807) is 0 Å². The molecule has 180 valence electrons. The van der Waals surface area contributed by atoms with Crippen LogP contribution in [0.4, 0.5) is 39.5 Å². The van der Waals surface area contributed by atoms with Crippen LogP contribution in [0.2, 0.25) is 0 Å². The first-order valence-corrected chi connectivity index (χ1v) is 8.29. The number of rotatable bonds is 4. The summed E-state index contributed by atoms with van der Waals surface area (Å²) >= 11 is 0. The summed E-state index contributed by atoms with van der Waals surface area (Å²) in [7, 11) is 0. The molecule has 1 aromatic rings. The SMILES string of the molecule is O=C(CNC(=O)c1cc(C(F)(F)F)ccc1C(F)(F)F)NC1CNC1.O=C(O)C(F)(F)F. The molecule has 16 heteroatoms. The number of carbonyl (C=O) groups excluding carboxylic acids is 2. The molecule has 7 nitrogen and oxygen atoms in total. The van der Waals surface area contributed by atoms with Crippen LogP contribution in [0, 0.1) is 0 Å². The van der Waals surface area contributed by atoms with Gasteiger partial charge in [0.15, 0.2) is 0 Å². The highest BCUT2D eigenvalue weighted by Gasteiger charge is 2.39. The van der Waals surface area contributed by atoms with Crippen LogP contribution in [0.25, 0.3) is 0 Å². The average molecular weight is 483 g/mol. The normalized spacial score (nSPS) is 14.5. The summed E-state index contributed by atoms with van der Waals surface area (Å²) in [6.07, 6.45) is -15.0. The highest BCUT2D eigenvalue weighted by atomic mass is 19.4. The molecular weight excluding hydrogens is 469 g/mol. The van der Waals surface area contributed by atoms with Crippen molar-refractivity contribution in [2.24, 2.45) is 0 Å². The molecule has 1 fully saturated rings. The van der Waals surface area contributed by atoms with Crippen molar-refractivity contribution >= 4 is 17.8 Å². The van der Waals surface area contributed by atoms with Crippen molar-refractivity contribution in [2.75, 3.05) is 19.6 Å². The van der Waals surface area contributed by atoms with Crippen molar-refractivity contribution < 1.29 is 59.0 Å². The maximum absolute atomic E-state index is 12.9. The molecule has 0 bridgehead atoms. The van der Waals surface area contributed by atoms with E-state index in [4.69, 9.17) is 9.90 Å². The predicted molar refractivity (Wildman–Crippen MR) is 87.3 cm³/mol. The monoisotopic (exact) mass is 483 g/mol. The molecule has 0 saturated carbocycles. The van der Waals surface area contributed by atoms with Crippen molar-refractivity contribution in [3.8, 4) is 0 Å². The third-order valence-corrected chi connectivity index (χ3v) is 3.70. The molecule has 0 aliphatic carbocycles. The zero-order chi connectivity index (χ0) is 24.9. The molecule has 1 heterocycles. The lowest BCUT2D eigenvalue weighted by atomic mass is 10.0. The number of aliphatic carboxylic acids is 1. The average Bonchev–Trinajstić information content (AvgIpc) is 2.60. The minimum absolute atomic E-state index is 0.117. The Bertz CT molecular complexity index is 847. The first kappa shape index (κ1) is 27.0. The number of halogens is 9. The van der Waals surface area contributed by atoms with Gasteiger partial charge in [-0.05, 0) is 18.2 Å². The summed E-state index contributed by atoms with van der Waals surface area (Å²) in [6.45, 7) is 0.389. The minimum atomic E-state index is -5.08. The van der Waals surface area contributed by atoms with Crippen LogP contribution in [0.15, 0.2) is 18.2 Å². The van der Waals surface area contributed by atoms with Crippen molar-refractivity contribution in [1.29, 1.82) is 0 Å². The standard InChI is InChI=1S/C14H13F6N3O2.C2HF3O2/c15-13(16,17)7-1-2-10(14(18,19)20)9(3-7)12(25)22-6-11(24)23-8-4-21-5-8;3-2(4,5)1(6)7/h1-3,8,21H,4-6H2,(H,22,25)(H,23,24);(H,6,7). The van der Waals surface area contributed by atoms with Crippen molar-refractivity contribution in [2.45, 2.75) is 24.6 Å². The van der Waals surface area contributed by atoms with Gasteiger partial charge in [-0.3, -0.25) is 9.59 Å². The predicted octanol–water partition coefficient (Wildman–Crippen LogP) is 2.18. The maximum atomic E-state index is 12.9. The van der Waals surface area contributed by atoms with Crippen molar-refractivity contribution in [1.82, 2.24) is 16.0 Å². The summed E-state index contributed by atoms with van der Waals surface area (Å²) in [4.78, 5) is 32.3. The van der Waals surface area contributed by atoms with Gasteiger partial charge in [-0.2, -0.15) is 39.5 Å². The van der Waals surface area contributed by atoms with E-state index < -0.39 is 59.5 Å². The molecule has 1 aliphatic rings. The summed E-state index contributed by atoms with van der Waals surface area (Å²) < 4.78 is 109. The van der Waals surface area contributed by atoms with Gasteiger partial charge in [0.05, 0.1) is 29.3 Å². The Balaban J connectivity index is 0.000000633. The fourth-order valence-corrected chi connectivity index (χ4v) is 2.08. The molecule has 1 aliphatic heterocycles. The maximum Gasteiger partial charge on any atom is 0.490 e. The zero-order valence-corrected chi connectivity index (χ0v) is 15.5. The van der Waals surface area contributed by atoms with E-state index in [9.17, 15) is 49.1 Å². The lowest BCUT2D eigenvalue weighted by molar-refractivity contribution is -0.192. The fourth-order valence-electron chi connectivity index (χ4n) is 2.08. The van der Waals surface area contributed by atoms with Gasteiger partial charge >= 0.3 is 24.5 Å². The molecule has 0 unspecified atom stereocenters. The topological polar surface area (TPSA) is 108 Å². The van der Waals surface area contributed by atoms with E-state index >= 15 is 0 Å². The molecule has 0 radical (unpaired) electrons. The van der Waals surface area contributed by atoms with Crippen molar-refractivity contribution in [3.05, 3.63) is 34.9 Å². The molecular formula is C16H14F9N3O4. The van der Waals surface area contributed by atoms with Crippen LogP contribution in [0.1, 0.15) is 21.5 Å². The van der Waals surface area contributed by atoms with Gasteiger partial charge < -0.3 is 21.1 Å². The summed E-state index contributed by atoms with van der Waals surface area (Å²) in [5, 5.41) is 14.4. The van der Waals surface area contributed by atoms with E-state index in [-0.39, 0.29) is 24.2 Å². The number of carbonyl (C=O) groups is 3. The van der Waals surface area contributed by atoms with Gasteiger partial charge in [0, 0.05) is 13.1 Å². The van der Waals surface area contributed by atoms with Crippen LogP contribution < -0.4 is 16.0 Å². The van der Waals surface area contributed by atoms with Gasteiger partial charge in [-0.25, -0.2) is 4.79 Å². The van der Waals surface area contributed by atoms with E-state index in [1.165, 1.54) is 0 Å². The van der Waals surface area contributed by atoms with E-state index in [0.29, 0.717) is 13.1 Å². The van der Waals surface area contributed by atoms with E-state index in [0.717, 1.165) is 0 Å². The van der Waals surface area contributed by atoms with Crippen LogP contribution >= 0.6 is 0 Å². The molecule has 2 rings (SSSR count). The second-order valence-corrected chi connectivity index (χ2v) is 6.16. The number of alkyl halides is 9. The molecule has 2 amide bonds. The van der Waals surface area contributed by atoms with Crippen LogP contribution in [0.5, 0.6) is 0 Å². The number of nitrogens with one attached hydrogen (secondary N) is 3. The molecule has 1 saturated heterocycles. The van der Waals surface area contributed by atoms with Crippen molar-refractivity contribution in [3.63, 3.8) is 0 Å². The van der Waals surface area contributed by atoms with E-state index in [1.807, 2.05) is 5.32 Å². The van der Waals surface area contributed by atoms with Gasteiger partial charge in [0.2, 0.25) is 5.91 Å². The number of hydrogen-bond acceptors (Lipinski definition) is 4. The Kier molecular flexibility index (Phi) is 8.48. The molecule has 0 spiro atoms. The lowest BCUT2D eigenvalue weighted by Gasteiger charge is -2.27. The second-order valence-electron chi connectivity index (χ2n) is 6.16. The molecule has 1 aromatic carbocycles. The largest absolute Gasteiger partial charge is 0.490 e. The zero-order valence-electron chi connectivity index (χ0n) is 15.5. The highest BCUT2D eigenvalue weighted by Crippen LogP contribution is 2.36. The van der Waals surface area contributed by atoms with Crippen LogP contribution in [-0.4, -0.2) is 54.7 Å². The van der Waals surface area contributed by atoms with Gasteiger partial charge in [0.25, 0.3) is 5.91 Å². The van der Waals surface area contributed by atoms with Gasteiger partial charge in [-0.15, -0.1) is 0 Å². The smallest absolute Gasteiger partial charge is 0.475 e. The Hall–Kier alpha value is -3.04. The third-order valence-electron chi connectivity index (χ3n) is 3.70. The summed E-state index contributed by atoms with van der Waals surface area (Å²) in [5.41, 5.74) is -4.10. The highest BCUT2D eigenvalue weighted by molar-refractivity contribution is 5.98. The number of carboxylic acid groups (broad SMARTS) is 1. The number of amides is 2. The Morgan fingerprint density at radius 3 is 1.88 bits per heavy atom. The van der Waals surface area contributed by atoms with Gasteiger partial charge in [-0.1, -0.05) is 0 Å². The first-order chi connectivity index (χ1) is 14.4. The lowest BCUT2D eigenvalue weighted by Crippen LogP contribution is -2.58. The van der Waals surface area contributed by atoms with E-state index in [2.05, 4.69) is 10.6 Å². The number of hydrogen-bond donors (Lipinski definition) is 4. The third kappa shape index (κ3) is 8.24. The Morgan fingerprint density at radius 1 is 0.969 bits per heavy atom. The summed E-state index contributed by atoms with van der Waals surface area (Å²) in [5.74, 6) is -4.83. The molecule has 0 aromatic heterocycles. The molecule has 4 N–H and O–H groups in total. The molecule has 0 atom stereocenters. The first-order valence-electron chi connectivity index (χ1n) is 8.29. The quantitative estimate of drug-likeness (QED) is 0.492. The minimum Gasteiger partial charge on any atom is -0.475 e. The molecule has 32 heavy (non-hydrogen) atoms. The fraction of sp³-hybridized carbons (Fsp3) is 0.438. The Morgan fingerprint density at radius 2 is 1.50 bits per heavy atom. The number of benzene rings is 1. The second kappa shape index (κ2) is 10.1. The van der Waals surface area contributed by atoms with Gasteiger partial charge in [0.1, 0.15) is 0 Å². The van der Waals surface area contributed by atoms with Crippen LogP contribution in [-0.2, 0) is 21.9 Å².